The minimum absolute atomic E-state index is 0.188. The molecular weight excluding hydrogens is 284 g/mol. The molecule has 21 heavy (non-hydrogen) atoms. The van der Waals surface area contributed by atoms with Gasteiger partial charge >= 0.3 is 0 Å². The summed E-state index contributed by atoms with van der Waals surface area (Å²) in [6.45, 7) is 4.09. The van der Waals surface area contributed by atoms with Gasteiger partial charge in [-0.25, -0.2) is 8.42 Å². The van der Waals surface area contributed by atoms with Crippen molar-refractivity contribution in [2.75, 3.05) is 0 Å². The van der Waals surface area contributed by atoms with Crippen molar-refractivity contribution in [3.63, 3.8) is 0 Å². The molecule has 0 radical (unpaired) electrons. The molecule has 0 unspecified atom stereocenters. The lowest BCUT2D eigenvalue weighted by atomic mass is 9.94. The van der Waals surface area contributed by atoms with Crippen LogP contribution in [0.1, 0.15) is 25.8 Å². The molecule has 0 spiro atoms. The maximum absolute atomic E-state index is 12.6. The molecule has 4 heteroatoms. The van der Waals surface area contributed by atoms with Crippen LogP contribution in [0.4, 0.5) is 0 Å². The molecule has 3 rings (SSSR count). The minimum atomic E-state index is -3.46. The van der Waals surface area contributed by atoms with Crippen LogP contribution in [0, 0.1) is 0 Å². The minimum Gasteiger partial charge on any atom is -0.488 e. The molecule has 0 aromatic heterocycles. The Morgan fingerprint density at radius 3 is 2.43 bits per heavy atom. The number of aryl methyl sites for hydroxylation is 1. The first-order valence-corrected chi connectivity index (χ1v) is 8.49. The second-order valence-electron chi connectivity index (χ2n) is 5.95. The fourth-order valence-corrected chi connectivity index (χ4v) is 3.87. The number of ether oxygens (including phenoxy) is 1. The molecule has 1 aliphatic rings. The fraction of sp³-hybridized carbons (Fsp3) is 0.294. The van der Waals surface area contributed by atoms with Crippen LogP contribution in [0.2, 0.25) is 0 Å². The lowest BCUT2D eigenvalue weighted by molar-refractivity contribution is 0.0845. The van der Waals surface area contributed by atoms with Crippen LogP contribution in [0.5, 0.6) is 5.75 Å². The van der Waals surface area contributed by atoms with Crippen molar-refractivity contribution in [2.24, 2.45) is 0 Å². The van der Waals surface area contributed by atoms with Gasteiger partial charge in [0, 0.05) is 0 Å². The molecule has 0 amide bonds. The van der Waals surface area contributed by atoms with E-state index < -0.39 is 9.84 Å². The van der Waals surface area contributed by atoms with Crippen LogP contribution < -0.4 is 4.74 Å². The molecule has 1 heterocycles. The normalized spacial score (nSPS) is 16.9. The zero-order chi connectivity index (χ0) is 15.1. The Hall–Kier alpha value is -1.81. The summed E-state index contributed by atoms with van der Waals surface area (Å²) in [5.74, 6) is 0.790. The summed E-state index contributed by atoms with van der Waals surface area (Å²) >= 11 is 0. The highest BCUT2D eigenvalue weighted by Crippen LogP contribution is 2.35. The summed E-state index contributed by atoms with van der Waals surface area (Å²) < 4.78 is 31.1. The molecule has 3 nitrogen and oxygen atoms in total. The summed E-state index contributed by atoms with van der Waals surface area (Å²) in [7, 11) is -3.46. The summed E-state index contributed by atoms with van der Waals surface area (Å²) in [6.07, 6.45) is 1.72. The van der Waals surface area contributed by atoms with Gasteiger partial charge in [0.1, 0.15) is 11.4 Å². The summed E-state index contributed by atoms with van der Waals surface area (Å²) in [5.41, 5.74) is 0.777. The maximum Gasteiger partial charge on any atom is 0.206 e. The Bertz CT molecular complexity index is 762. The van der Waals surface area contributed by atoms with Crippen LogP contribution in [-0.2, 0) is 16.3 Å². The Kier molecular flexibility index (Phi) is 3.29. The van der Waals surface area contributed by atoms with E-state index in [1.54, 1.807) is 42.5 Å². The zero-order valence-electron chi connectivity index (χ0n) is 12.2. The molecule has 2 aromatic rings. The zero-order valence-corrected chi connectivity index (χ0v) is 13.0. The van der Waals surface area contributed by atoms with E-state index in [0.29, 0.717) is 9.79 Å². The second kappa shape index (κ2) is 4.88. The van der Waals surface area contributed by atoms with E-state index in [9.17, 15) is 8.42 Å². The van der Waals surface area contributed by atoms with E-state index in [0.717, 1.165) is 24.2 Å². The van der Waals surface area contributed by atoms with Gasteiger partial charge < -0.3 is 4.74 Å². The number of benzene rings is 2. The molecule has 0 N–H and O–H groups in total. The SMILES string of the molecule is CC1(C)CCc2cc(S(=O)(=O)c3ccccc3)ccc2O1. The van der Waals surface area contributed by atoms with Crippen molar-refractivity contribution in [3.8, 4) is 5.75 Å². The molecule has 0 saturated carbocycles. The largest absolute Gasteiger partial charge is 0.488 e. The van der Waals surface area contributed by atoms with Gasteiger partial charge in [-0.15, -0.1) is 0 Å². The smallest absolute Gasteiger partial charge is 0.206 e. The highest BCUT2D eigenvalue weighted by atomic mass is 32.2. The van der Waals surface area contributed by atoms with E-state index in [2.05, 4.69) is 0 Å². The average molecular weight is 302 g/mol. The fourth-order valence-electron chi connectivity index (χ4n) is 2.54. The van der Waals surface area contributed by atoms with Gasteiger partial charge in [-0.3, -0.25) is 0 Å². The Morgan fingerprint density at radius 1 is 1.00 bits per heavy atom. The number of hydrogen-bond donors (Lipinski definition) is 0. The summed E-state index contributed by atoms with van der Waals surface area (Å²) in [5, 5.41) is 0. The van der Waals surface area contributed by atoms with E-state index >= 15 is 0 Å². The van der Waals surface area contributed by atoms with Crippen molar-refractivity contribution in [1.82, 2.24) is 0 Å². The lowest BCUT2D eigenvalue weighted by Gasteiger charge is -2.32. The topological polar surface area (TPSA) is 43.4 Å². The molecule has 110 valence electrons. The van der Waals surface area contributed by atoms with Crippen LogP contribution in [-0.4, -0.2) is 14.0 Å². The molecule has 0 saturated heterocycles. The molecule has 0 fully saturated rings. The standard InChI is InChI=1S/C17H18O3S/c1-17(2)11-10-13-12-15(8-9-16(13)20-17)21(18,19)14-6-4-3-5-7-14/h3-9,12H,10-11H2,1-2H3. The molecule has 0 bridgehead atoms. The van der Waals surface area contributed by atoms with Gasteiger partial charge in [0.05, 0.1) is 9.79 Å². The monoisotopic (exact) mass is 302 g/mol. The van der Waals surface area contributed by atoms with Crippen molar-refractivity contribution in [2.45, 2.75) is 42.1 Å². The Balaban J connectivity index is 2.02. The van der Waals surface area contributed by atoms with E-state index in [1.165, 1.54) is 0 Å². The molecular formula is C17H18O3S. The van der Waals surface area contributed by atoms with Gasteiger partial charge in [-0.2, -0.15) is 0 Å². The highest BCUT2D eigenvalue weighted by Gasteiger charge is 2.28. The van der Waals surface area contributed by atoms with E-state index in [1.807, 2.05) is 19.9 Å². The maximum atomic E-state index is 12.6. The molecule has 2 aromatic carbocycles. The predicted octanol–water partition coefficient (Wildman–Crippen LogP) is 3.62. The third-order valence-electron chi connectivity index (χ3n) is 3.78. The van der Waals surface area contributed by atoms with Crippen LogP contribution >= 0.6 is 0 Å². The van der Waals surface area contributed by atoms with Crippen molar-refractivity contribution >= 4 is 9.84 Å². The summed E-state index contributed by atoms with van der Waals surface area (Å²) in [6, 6.07) is 13.7. The summed E-state index contributed by atoms with van der Waals surface area (Å²) in [4.78, 5) is 0.651. The van der Waals surface area contributed by atoms with Crippen LogP contribution in [0.15, 0.2) is 58.3 Å². The first-order chi connectivity index (χ1) is 9.88. The Morgan fingerprint density at radius 2 is 1.71 bits per heavy atom. The second-order valence-corrected chi connectivity index (χ2v) is 7.90. The van der Waals surface area contributed by atoms with E-state index in [-0.39, 0.29) is 5.60 Å². The molecule has 1 aliphatic heterocycles. The van der Waals surface area contributed by atoms with Gasteiger partial charge in [-0.1, -0.05) is 18.2 Å². The van der Waals surface area contributed by atoms with Gasteiger partial charge in [0.15, 0.2) is 0 Å². The Labute approximate surface area is 125 Å². The first-order valence-electron chi connectivity index (χ1n) is 7.01. The van der Waals surface area contributed by atoms with Crippen LogP contribution in [0.25, 0.3) is 0 Å². The van der Waals surface area contributed by atoms with E-state index in [4.69, 9.17) is 4.74 Å². The quantitative estimate of drug-likeness (QED) is 0.851. The van der Waals surface area contributed by atoms with Gasteiger partial charge in [-0.05, 0) is 62.6 Å². The number of fused-ring (bicyclic) bond motifs is 1. The molecule has 0 aliphatic carbocycles. The number of rotatable bonds is 2. The molecule has 0 atom stereocenters. The number of hydrogen-bond acceptors (Lipinski definition) is 3. The van der Waals surface area contributed by atoms with Crippen molar-refractivity contribution in [3.05, 3.63) is 54.1 Å². The lowest BCUT2D eigenvalue weighted by Crippen LogP contribution is -2.32. The third-order valence-corrected chi connectivity index (χ3v) is 5.55. The average Bonchev–Trinajstić information content (AvgIpc) is 2.46. The van der Waals surface area contributed by atoms with Crippen LogP contribution in [0.3, 0.4) is 0 Å². The number of sulfone groups is 1. The van der Waals surface area contributed by atoms with Crippen molar-refractivity contribution in [1.29, 1.82) is 0 Å². The predicted molar refractivity (Wildman–Crippen MR) is 81.4 cm³/mol. The third kappa shape index (κ3) is 2.68. The van der Waals surface area contributed by atoms with Crippen molar-refractivity contribution < 1.29 is 13.2 Å². The highest BCUT2D eigenvalue weighted by molar-refractivity contribution is 7.91. The van der Waals surface area contributed by atoms with Gasteiger partial charge in [0.25, 0.3) is 0 Å². The van der Waals surface area contributed by atoms with Gasteiger partial charge in [0.2, 0.25) is 9.84 Å². The first kappa shape index (κ1) is 14.1.